The summed E-state index contributed by atoms with van der Waals surface area (Å²) in [5, 5.41) is 5.42. The Hall–Kier alpha value is -4.13. The first kappa shape index (κ1) is 24.0. The van der Waals surface area contributed by atoms with Crippen LogP contribution in [0.25, 0.3) is 11.8 Å². The first-order valence-electron chi connectivity index (χ1n) is 11.7. The maximum atomic E-state index is 13.0. The predicted octanol–water partition coefficient (Wildman–Crippen LogP) is 4.80. The second-order valence-electron chi connectivity index (χ2n) is 8.89. The van der Waals surface area contributed by atoms with Crippen LogP contribution in [0.1, 0.15) is 40.6 Å². The van der Waals surface area contributed by atoms with Crippen LogP contribution in [0.4, 0.5) is 10.5 Å². The molecule has 1 saturated heterocycles. The molecule has 0 bridgehead atoms. The van der Waals surface area contributed by atoms with Crippen molar-refractivity contribution in [3.05, 3.63) is 87.9 Å². The molecule has 1 aliphatic rings. The zero-order chi connectivity index (χ0) is 25.3. The molecule has 1 fully saturated rings. The largest absolute Gasteiger partial charge is 0.329 e. The fraction of sp³-hybridized carbons (Fsp3) is 0.250. The maximum absolute atomic E-state index is 13.0. The standard InChI is InChI=1S/C28H30N4O3/c1-6-21-9-7-8-10-23(21)29-26(33)16-31-27(34)24(30-28(31)35)15-22-14-19(4)32(20(22)5)25-12-11-17(2)13-18(25)3/h7-15H,6,16H2,1-5H3,(H,29,33)(H,30,35)/b24-15+. The molecule has 0 radical (unpaired) electrons. The highest BCUT2D eigenvalue weighted by molar-refractivity contribution is 6.16. The van der Waals surface area contributed by atoms with Crippen molar-refractivity contribution in [2.45, 2.75) is 41.0 Å². The summed E-state index contributed by atoms with van der Waals surface area (Å²) in [5.41, 5.74) is 8.03. The van der Waals surface area contributed by atoms with E-state index in [1.54, 1.807) is 12.1 Å². The Balaban J connectivity index is 1.55. The minimum absolute atomic E-state index is 0.151. The minimum atomic E-state index is -0.608. The number of imide groups is 1. The lowest BCUT2D eigenvalue weighted by Crippen LogP contribution is -2.38. The number of hydrogen-bond donors (Lipinski definition) is 2. The van der Waals surface area contributed by atoms with E-state index < -0.39 is 17.8 Å². The molecule has 0 spiro atoms. The van der Waals surface area contributed by atoms with Crippen molar-refractivity contribution in [1.29, 1.82) is 0 Å². The number of urea groups is 1. The number of benzene rings is 2. The molecule has 0 aliphatic carbocycles. The molecule has 3 aromatic rings. The number of nitrogens with zero attached hydrogens (tertiary/aromatic N) is 2. The third-order valence-electron chi connectivity index (χ3n) is 6.30. The second kappa shape index (κ2) is 9.62. The van der Waals surface area contributed by atoms with Gasteiger partial charge in [0.2, 0.25) is 5.91 Å². The third kappa shape index (κ3) is 4.75. The van der Waals surface area contributed by atoms with E-state index in [9.17, 15) is 14.4 Å². The van der Waals surface area contributed by atoms with E-state index >= 15 is 0 Å². The molecule has 0 atom stereocenters. The van der Waals surface area contributed by atoms with Gasteiger partial charge in [-0.1, -0.05) is 42.8 Å². The summed E-state index contributed by atoms with van der Waals surface area (Å²) in [4.78, 5) is 39.0. The van der Waals surface area contributed by atoms with Gasteiger partial charge in [-0.25, -0.2) is 9.69 Å². The van der Waals surface area contributed by atoms with Gasteiger partial charge in [0.05, 0.1) is 0 Å². The molecule has 0 saturated carbocycles. The molecule has 4 rings (SSSR count). The molecule has 2 heterocycles. The molecule has 4 amide bonds. The van der Waals surface area contributed by atoms with E-state index in [2.05, 4.69) is 47.2 Å². The average molecular weight is 471 g/mol. The number of anilines is 1. The second-order valence-corrected chi connectivity index (χ2v) is 8.89. The monoisotopic (exact) mass is 470 g/mol. The van der Waals surface area contributed by atoms with Crippen molar-refractivity contribution in [1.82, 2.24) is 14.8 Å². The van der Waals surface area contributed by atoms with Gasteiger partial charge >= 0.3 is 6.03 Å². The van der Waals surface area contributed by atoms with Gasteiger partial charge in [0.15, 0.2) is 0 Å². The van der Waals surface area contributed by atoms with Crippen LogP contribution < -0.4 is 10.6 Å². The van der Waals surface area contributed by atoms with Gasteiger partial charge in [-0.3, -0.25) is 9.59 Å². The van der Waals surface area contributed by atoms with Gasteiger partial charge in [0.25, 0.3) is 5.91 Å². The van der Waals surface area contributed by atoms with Crippen molar-refractivity contribution in [3.63, 3.8) is 0 Å². The van der Waals surface area contributed by atoms with Gasteiger partial charge in [-0.15, -0.1) is 0 Å². The van der Waals surface area contributed by atoms with E-state index in [0.717, 1.165) is 45.1 Å². The Morgan fingerprint density at radius 2 is 1.77 bits per heavy atom. The number of amides is 4. The fourth-order valence-electron chi connectivity index (χ4n) is 4.52. The summed E-state index contributed by atoms with van der Waals surface area (Å²) in [6, 6.07) is 15.1. The minimum Gasteiger partial charge on any atom is -0.324 e. The topological polar surface area (TPSA) is 83.4 Å². The van der Waals surface area contributed by atoms with Crippen molar-refractivity contribution in [2.24, 2.45) is 0 Å². The highest BCUT2D eigenvalue weighted by Gasteiger charge is 2.35. The fourth-order valence-corrected chi connectivity index (χ4v) is 4.52. The number of para-hydroxylation sites is 1. The molecule has 1 aliphatic heterocycles. The molecule has 2 aromatic carbocycles. The number of nitrogens with one attached hydrogen (secondary N) is 2. The first-order chi connectivity index (χ1) is 16.7. The van der Waals surface area contributed by atoms with E-state index in [1.165, 1.54) is 5.56 Å². The maximum Gasteiger partial charge on any atom is 0.329 e. The Morgan fingerprint density at radius 1 is 1.03 bits per heavy atom. The lowest BCUT2D eigenvalue weighted by Gasteiger charge is -2.14. The summed E-state index contributed by atoms with van der Waals surface area (Å²) < 4.78 is 2.14. The summed E-state index contributed by atoms with van der Waals surface area (Å²) in [6.07, 6.45) is 2.43. The van der Waals surface area contributed by atoms with Crippen LogP contribution in [0, 0.1) is 27.7 Å². The summed E-state index contributed by atoms with van der Waals surface area (Å²) in [6.45, 7) is 9.76. The van der Waals surface area contributed by atoms with Crippen molar-refractivity contribution >= 4 is 29.6 Å². The van der Waals surface area contributed by atoms with E-state index in [0.29, 0.717) is 5.69 Å². The predicted molar refractivity (Wildman–Crippen MR) is 137 cm³/mol. The molecule has 7 heteroatoms. The summed E-state index contributed by atoms with van der Waals surface area (Å²) in [5.74, 6) is -0.950. The number of carbonyl (C=O) groups excluding carboxylic acids is 3. The Kier molecular flexibility index (Phi) is 6.60. The van der Waals surface area contributed by atoms with E-state index in [1.807, 2.05) is 45.0 Å². The van der Waals surface area contributed by atoms with Crippen molar-refractivity contribution in [2.75, 3.05) is 11.9 Å². The van der Waals surface area contributed by atoms with E-state index in [4.69, 9.17) is 0 Å². The molecular weight excluding hydrogens is 440 g/mol. The number of rotatable bonds is 6. The van der Waals surface area contributed by atoms with Crippen molar-refractivity contribution in [3.8, 4) is 5.69 Å². The third-order valence-corrected chi connectivity index (χ3v) is 6.30. The van der Waals surface area contributed by atoms with Gasteiger partial charge in [-0.2, -0.15) is 0 Å². The summed E-state index contributed by atoms with van der Waals surface area (Å²) >= 11 is 0. The lowest BCUT2D eigenvalue weighted by molar-refractivity contribution is -0.127. The average Bonchev–Trinajstić information content (AvgIpc) is 3.23. The van der Waals surface area contributed by atoms with E-state index in [-0.39, 0.29) is 12.2 Å². The molecule has 180 valence electrons. The zero-order valence-electron chi connectivity index (χ0n) is 20.7. The summed E-state index contributed by atoms with van der Waals surface area (Å²) in [7, 11) is 0. The number of carbonyl (C=O) groups is 3. The molecule has 1 aromatic heterocycles. The highest BCUT2D eigenvalue weighted by atomic mass is 16.2. The van der Waals surface area contributed by atoms with Crippen LogP contribution in [0.2, 0.25) is 0 Å². The Labute approximate surface area is 205 Å². The van der Waals surface area contributed by atoms with Gasteiger partial charge in [-0.05, 0) is 75.1 Å². The molecule has 0 unspecified atom stereocenters. The molecular formula is C28H30N4O3. The molecule has 35 heavy (non-hydrogen) atoms. The van der Waals surface area contributed by atoms with Crippen molar-refractivity contribution < 1.29 is 14.4 Å². The SMILES string of the molecule is CCc1ccccc1NC(=O)CN1C(=O)N/C(=C/c2cc(C)n(-c3ccc(C)cc3C)c2C)C1=O. The van der Waals surface area contributed by atoms with Crippen LogP contribution >= 0.6 is 0 Å². The lowest BCUT2D eigenvalue weighted by atomic mass is 10.1. The Morgan fingerprint density at radius 3 is 2.49 bits per heavy atom. The van der Waals surface area contributed by atoms with Crippen LogP contribution in [0.5, 0.6) is 0 Å². The molecule has 7 nitrogen and oxygen atoms in total. The quantitative estimate of drug-likeness (QED) is 0.401. The van der Waals surface area contributed by atoms with Crippen LogP contribution in [-0.2, 0) is 16.0 Å². The molecule has 2 N–H and O–H groups in total. The Bertz CT molecular complexity index is 1370. The van der Waals surface area contributed by atoms with Crippen LogP contribution in [-0.4, -0.2) is 33.9 Å². The number of aryl methyl sites for hydroxylation is 4. The van der Waals surface area contributed by atoms with Gasteiger partial charge < -0.3 is 15.2 Å². The normalized spacial score (nSPS) is 14.5. The van der Waals surface area contributed by atoms with Gasteiger partial charge in [0, 0.05) is 22.8 Å². The van der Waals surface area contributed by atoms with Crippen LogP contribution in [0.3, 0.4) is 0 Å². The first-order valence-corrected chi connectivity index (χ1v) is 11.7. The number of aromatic nitrogens is 1. The van der Waals surface area contributed by atoms with Gasteiger partial charge in [0.1, 0.15) is 12.2 Å². The number of hydrogen-bond acceptors (Lipinski definition) is 3. The zero-order valence-corrected chi connectivity index (χ0v) is 20.7. The highest BCUT2D eigenvalue weighted by Crippen LogP contribution is 2.26. The van der Waals surface area contributed by atoms with Crippen LogP contribution in [0.15, 0.2) is 54.2 Å². The smallest absolute Gasteiger partial charge is 0.324 e.